The van der Waals surface area contributed by atoms with Crippen molar-refractivity contribution in [3.05, 3.63) is 71.0 Å². The van der Waals surface area contributed by atoms with Gasteiger partial charge in [0.25, 0.3) is 11.8 Å². The number of benzene rings is 1. The number of anilines is 1. The molecule has 2 N–H and O–H groups in total. The zero-order chi connectivity index (χ0) is 20.3. The van der Waals surface area contributed by atoms with Crippen LogP contribution in [0.25, 0.3) is 0 Å². The maximum absolute atomic E-state index is 12.5. The van der Waals surface area contributed by atoms with Gasteiger partial charge in [-0.2, -0.15) is 0 Å². The summed E-state index contributed by atoms with van der Waals surface area (Å²) in [7, 11) is -3.26. The first-order chi connectivity index (χ1) is 13.2. The Labute approximate surface area is 166 Å². The third kappa shape index (κ3) is 4.68. The molecular formula is C19H18N2O5S2. The molecule has 9 heteroatoms. The number of hydrogen-bond acceptors (Lipinski definition) is 6. The van der Waals surface area contributed by atoms with Gasteiger partial charge in [0.1, 0.15) is 0 Å². The van der Waals surface area contributed by atoms with Gasteiger partial charge in [-0.15, -0.1) is 11.3 Å². The van der Waals surface area contributed by atoms with E-state index in [1.807, 2.05) is 0 Å². The van der Waals surface area contributed by atoms with Crippen molar-refractivity contribution in [1.29, 1.82) is 0 Å². The highest BCUT2D eigenvalue weighted by molar-refractivity contribution is 7.90. The van der Waals surface area contributed by atoms with E-state index in [9.17, 15) is 18.0 Å². The highest BCUT2D eigenvalue weighted by atomic mass is 32.2. The number of carbonyl (C=O) groups excluding carboxylic acids is 2. The molecule has 1 aromatic carbocycles. The van der Waals surface area contributed by atoms with Crippen molar-refractivity contribution in [2.75, 3.05) is 11.6 Å². The van der Waals surface area contributed by atoms with Crippen molar-refractivity contribution in [2.24, 2.45) is 0 Å². The van der Waals surface area contributed by atoms with Gasteiger partial charge in [0.2, 0.25) is 0 Å². The maximum atomic E-state index is 12.5. The minimum absolute atomic E-state index is 0.186. The molecule has 1 atom stereocenters. The van der Waals surface area contributed by atoms with Crippen LogP contribution in [0.2, 0.25) is 0 Å². The van der Waals surface area contributed by atoms with E-state index in [2.05, 4.69) is 10.6 Å². The smallest absolute Gasteiger partial charge is 0.291 e. The predicted molar refractivity (Wildman–Crippen MR) is 106 cm³/mol. The summed E-state index contributed by atoms with van der Waals surface area (Å²) in [4.78, 5) is 25.1. The van der Waals surface area contributed by atoms with E-state index < -0.39 is 15.7 Å². The minimum Gasteiger partial charge on any atom is -0.459 e. The van der Waals surface area contributed by atoms with Crippen LogP contribution in [0.4, 0.5) is 5.00 Å². The van der Waals surface area contributed by atoms with Gasteiger partial charge >= 0.3 is 0 Å². The van der Waals surface area contributed by atoms with Crippen molar-refractivity contribution < 1.29 is 22.4 Å². The Bertz CT molecular complexity index is 1080. The Kier molecular flexibility index (Phi) is 5.66. The van der Waals surface area contributed by atoms with E-state index in [-0.39, 0.29) is 22.6 Å². The lowest BCUT2D eigenvalue weighted by Gasteiger charge is -2.14. The summed E-state index contributed by atoms with van der Waals surface area (Å²) in [6, 6.07) is 12.5. The molecule has 1 unspecified atom stereocenters. The lowest BCUT2D eigenvalue weighted by atomic mass is 10.1. The predicted octanol–water partition coefficient (Wildman–Crippen LogP) is 3.49. The maximum Gasteiger partial charge on any atom is 0.291 e. The van der Waals surface area contributed by atoms with Crippen LogP contribution in [0, 0.1) is 0 Å². The second-order valence-electron chi connectivity index (χ2n) is 6.13. The fourth-order valence-electron chi connectivity index (χ4n) is 2.46. The van der Waals surface area contributed by atoms with Crippen molar-refractivity contribution in [3.8, 4) is 0 Å². The van der Waals surface area contributed by atoms with E-state index in [0.29, 0.717) is 9.88 Å². The number of sulfone groups is 1. The van der Waals surface area contributed by atoms with Crippen LogP contribution < -0.4 is 10.6 Å². The number of carbonyl (C=O) groups is 2. The molecule has 146 valence electrons. The molecule has 0 bridgehead atoms. The molecule has 7 nitrogen and oxygen atoms in total. The SMILES string of the molecule is CC(NC(=O)c1ccc(NC(=O)c2ccco2)s1)c1ccc(S(C)(=O)=O)cc1. The standard InChI is InChI=1S/C19H18N2O5S2/c1-12(13-5-7-14(8-6-13)28(2,24)25)20-19(23)16-9-10-17(27-16)21-18(22)15-4-3-11-26-15/h3-12H,1-2H3,(H,20,23)(H,21,22). The van der Waals surface area contributed by atoms with Crippen molar-refractivity contribution in [3.63, 3.8) is 0 Å². The fraction of sp³-hybridized carbons (Fsp3) is 0.158. The number of hydrogen-bond donors (Lipinski definition) is 2. The first-order valence-electron chi connectivity index (χ1n) is 8.29. The summed E-state index contributed by atoms with van der Waals surface area (Å²) < 4.78 is 28.1. The third-order valence-electron chi connectivity index (χ3n) is 3.97. The van der Waals surface area contributed by atoms with Gasteiger partial charge in [0.05, 0.1) is 27.1 Å². The molecule has 0 radical (unpaired) electrons. The summed E-state index contributed by atoms with van der Waals surface area (Å²) in [6.45, 7) is 1.81. The Morgan fingerprint density at radius 1 is 1.04 bits per heavy atom. The molecule has 2 amide bonds. The monoisotopic (exact) mass is 418 g/mol. The van der Waals surface area contributed by atoms with Crippen molar-refractivity contribution in [2.45, 2.75) is 17.9 Å². The van der Waals surface area contributed by atoms with E-state index in [4.69, 9.17) is 4.42 Å². The molecular weight excluding hydrogens is 400 g/mol. The quantitative estimate of drug-likeness (QED) is 0.637. The molecule has 0 saturated heterocycles. The molecule has 0 fully saturated rings. The van der Waals surface area contributed by atoms with Crippen LogP contribution in [0.15, 0.2) is 64.1 Å². The minimum atomic E-state index is -3.26. The number of amides is 2. The lowest BCUT2D eigenvalue weighted by molar-refractivity contribution is 0.0942. The van der Waals surface area contributed by atoms with Gasteiger partial charge in [0.15, 0.2) is 15.6 Å². The topological polar surface area (TPSA) is 105 Å². The van der Waals surface area contributed by atoms with E-state index in [1.54, 1.807) is 43.3 Å². The Balaban J connectivity index is 1.63. The largest absolute Gasteiger partial charge is 0.459 e. The number of thiophene rings is 1. The van der Waals surface area contributed by atoms with Crippen LogP contribution in [0.5, 0.6) is 0 Å². The molecule has 2 heterocycles. The summed E-state index contributed by atoms with van der Waals surface area (Å²) in [5.74, 6) is -0.494. The summed E-state index contributed by atoms with van der Waals surface area (Å²) >= 11 is 1.14. The molecule has 0 aliphatic heterocycles. The average Bonchev–Trinajstić information content (AvgIpc) is 3.33. The van der Waals surface area contributed by atoms with Gasteiger partial charge in [0, 0.05) is 6.26 Å². The van der Waals surface area contributed by atoms with Crippen molar-refractivity contribution >= 4 is 38.0 Å². The Hall–Kier alpha value is -2.91. The molecule has 0 spiro atoms. The first-order valence-corrected chi connectivity index (χ1v) is 11.0. The molecule has 0 saturated carbocycles. The summed E-state index contributed by atoms with van der Waals surface area (Å²) in [5.41, 5.74) is 0.781. The lowest BCUT2D eigenvalue weighted by Crippen LogP contribution is -2.25. The van der Waals surface area contributed by atoms with Gasteiger partial charge in [-0.25, -0.2) is 8.42 Å². The molecule has 0 aliphatic carbocycles. The summed E-state index contributed by atoms with van der Waals surface area (Å²) in [6.07, 6.45) is 2.55. The third-order valence-corrected chi connectivity index (χ3v) is 6.10. The normalized spacial score (nSPS) is 12.4. The highest BCUT2D eigenvalue weighted by Crippen LogP contribution is 2.24. The van der Waals surface area contributed by atoms with Crippen LogP contribution in [0.1, 0.15) is 38.8 Å². The second-order valence-corrected chi connectivity index (χ2v) is 9.23. The molecule has 3 aromatic rings. The molecule has 3 rings (SSSR count). The Morgan fingerprint density at radius 2 is 1.75 bits per heavy atom. The number of rotatable bonds is 6. The van der Waals surface area contributed by atoms with Gasteiger partial charge in [-0.05, 0) is 48.9 Å². The second kappa shape index (κ2) is 7.99. The first kappa shape index (κ1) is 19.8. The van der Waals surface area contributed by atoms with E-state index in [0.717, 1.165) is 23.2 Å². The van der Waals surface area contributed by atoms with Crippen molar-refractivity contribution in [1.82, 2.24) is 5.32 Å². The summed E-state index contributed by atoms with van der Waals surface area (Å²) in [5, 5.41) is 6.05. The molecule has 0 aliphatic rings. The highest BCUT2D eigenvalue weighted by Gasteiger charge is 2.16. The van der Waals surface area contributed by atoms with Crippen LogP contribution in [-0.4, -0.2) is 26.5 Å². The molecule has 28 heavy (non-hydrogen) atoms. The van der Waals surface area contributed by atoms with Gasteiger partial charge in [-0.3, -0.25) is 9.59 Å². The fourth-order valence-corrected chi connectivity index (χ4v) is 3.90. The average molecular weight is 418 g/mol. The van der Waals surface area contributed by atoms with Crippen LogP contribution >= 0.6 is 11.3 Å². The van der Waals surface area contributed by atoms with Gasteiger partial charge < -0.3 is 15.1 Å². The van der Waals surface area contributed by atoms with E-state index in [1.165, 1.54) is 18.4 Å². The number of nitrogens with one attached hydrogen (secondary N) is 2. The van der Waals surface area contributed by atoms with Crippen LogP contribution in [-0.2, 0) is 9.84 Å². The van der Waals surface area contributed by atoms with Gasteiger partial charge in [-0.1, -0.05) is 12.1 Å². The van der Waals surface area contributed by atoms with Crippen LogP contribution in [0.3, 0.4) is 0 Å². The zero-order valence-electron chi connectivity index (χ0n) is 15.1. The zero-order valence-corrected chi connectivity index (χ0v) is 16.8. The molecule has 2 aromatic heterocycles. The Morgan fingerprint density at radius 3 is 2.36 bits per heavy atom. The van der Waals surface area contributed by atoms with E-state index >= 15 is 0 Å². The number of furan rings is 1.